The Morgan fingerprint density at radius 1 is 1.31 bits per heavy atom. The zero-order chi connectivity index (χ0) is 20.4. The number of urea groups is 1. The summed E-state index contributed by atoms with van der Waals surface area (Å²) in [5, 5.41) is 7.25. The summed E-state index contributed by atoms with van der Waals surface area (Å²) in [4.78, 5) is 31.0. The van der Waals surface area contributed by atoms with Gasteiger partial charge in [0.2, 0.25) is 0 Å². The van der Waals surface area contributed by atoms with Crippen molar-refractivity contribution in [1.82, 2.24) is 14.9 Å². The van der Waals surface area contributed by atoms with Crippen LogP contribution in [0.5, 0.6) is 0 Å². The first-order valence-electron chi connectivity index (χ1n) is 10.8. The van der Waals surface area contributed by atoms with Gasteiger partial charge >= 0.3 is 6.03 Å². The summed E-state index contributed by atoms with van der Waals surface area (Å²) in [6.45, 7) is 5.49. The van der Waals surface area contributed by atoms with E-state index in [1.54, 1.807) is 0 Å². The monoisotopic (exact) mass is 414 g/mol. The molecule has 3 heterocycles. The van der Waals surface area contributed by atoms with Crippen molar-refractivity contribution in [3.63, 3.8) is 0 Å². The normalized spacial score (nSPS) is 19.4. The van der Waals surface area contributed by atoms with Crippen LogP contribution in [0.25, 0.3) is 10.2 Å². The molecule has 2 aliphatic rings. The number of carbonyl (C=O) groups excluding carboxylic acids is 1. The number of amides is 2. The van der Waals surface area contributed by atoms with Crippen molar-refractivity contribution in [2.24, 2.45) is 5.92 Å². The van der Waals surface area contributed by atoms with E-state index in [9.17, 15) is 9.59 Å². The number of hydrogen-bond acceptors (Lipinski definition) is 4. The Morgan fingerprint density at radius 2 is 2.17 bits per heavy atom. The molecule has 1 aliphatic carbocycles. The summed E-state index contributed by atoms with van der Waals surface area (Å²) in [5.74, 6) is 1.49. The van der Waals surface area contributed by atoms with Crippen LogP contribution in [0.15, 0.2) is 16.4 Å². The molecule has 0 saturated carbocycles. The predicted molar refractivity (Wildman–Crippen MR) is 119 cm³/mol. The number of fused-ring (bicyclic) bond motifs is 2. The number of anilines is 1. The van der Waals surface area contributed by atoms with E-state index in [1.165, 1.54) is 29.8 Å². The highest BCUT2D eigenvalue weighted by atomic mass is 32.1. The molecule has 2 aromatic rings. The van der Waals surface area contributed by atoms with Gasteiger partial charge in [-0.15, -0.1) is 0 Å². The molecule has 0 fully saturated rings. The Labute approximate surface area is 175 Å². The van der Waals surface area contributed by atoms with Crippen LogP contribution >= 0.6 is 11.3 Å². The Hall–Kier alpha value is -2.15. The van der Waals surface area contributed by atoms with Gasteiger partial charge in [0.05, 0.1) is 5.39 Å². The lowest BCUT2D eigenvalue weighted by atomic mass is 9.97. The standard InChI is InChI=1S/C22H30N4O2S/c1-14-8-9-17-24-20-18(21(27)26(17)13-11-14)15(2)19(29-20)25-22(28)23-12-10-16-6-4-3-5-7-16/h6,14H,3-5,7-13H2,1-2H3,(H2,23,25,28). The molecule has 156 valence electrons. The van der Waals surface area contributed by atoms with E-state index in [-0.39, 0.29) is 11.6 Å². The van der Waals surface area contributed by atoms with Gasteiger partial charge < -0.3 is 5.32 Å². The number of nitrogens with zero attached hydrogens (tertiary/aromatic N) is 2. The molecule has 2 N–H and O–H groups in total. The van der Waals surface area contributed by atoms with Gasteiger partial charge in [0, 0.05) is 19.5 Å². The van der Waals surface area contributed by atoms with Gasteiger partial charge in [0.1, 0.15) is 15.7 Å². The lowest BCUT2D eigenvalue weighted by molar-refractivity contribution is 0.252. The summed E-state index contributed by atoms with van der Waals surface area (Å²) in [7, 11) is 0. The minimum absolute atomic E-state index is 0.0329. The average molecular weight is 415 g/mol. The van der Waals surface area contributed by atoms with Crippen LogP contribution in [0, 0.1) is 12.8 Å². The molecular weight excluding hydrogens is 384 g/mol. The van der Waals surface area contributed by atoms with Gasteiger partial charge in [-0.3, -0.25) is 14.7 Å². The molecule has 0 bridgehead atoms. The van der Waals surface area contributed by atoms with Crippen LogP contribution in [0.3, 0.4) is 0 Å². The van der Waals surface area contributed by atoms with Crippen LogP contribution < -0.4 is 16.2 Å². The minimum atomic E-state index is -0.216. The molecular formula is C22H30N4O2S. The number of rotatable bonds is 4. The number of nitrogens with one attached hydrogen (secondary N) is 2. The fourth-order valence-electron chi connectivity index (χ4n) is 4.28. The van der Waals surface area contributed by atoms with Gasteiger partial charge in [-0.1, -0.05) is 29.9 Å². The van der Waals surface area contributed by atoms with E-state index >= 15 is 0 Å². The molecule has 2 amide bonds. The van der Waals surface area contributed by atoms with Crippen LogP contribution in [-0.2, 0) is 13.0 Å². The first-order valence-corrected chi connectivity index (χ1v) is 11.6. The second-order valence-corrected chi connectivity index (χ2v) is 9.39. The second kappa shape index (κ2) is 8.69. The largest absolute Gasteiger partial charge is 0.338 e. The first kappa shape index (κ1) is 20.1. The number of aromatic nitrogens is 2. The summed E-state index contributed by atoms with van der Waals surface area (Å²) < 4.78 is 1.84. The third-order valence-electron chi connectivity index (χ3n) is 6.18. The third-order valence-corrected chi connectivity index (χ3v) is 7.28. The predicted octanol–water partition coefficient (Wildman–Crippen LogP) is 4.75. The van der Waals surface area contributed by atoms with E-state index in [0.29, 0.717) is 22.8 Å². The molecule has 6 nitrogen and oxygen atoms in total. The second-order valence-electron chi connectivity index (χ2n) is 8.39. The van der Waals surface area contributed by atoms with Crippen molar-refractivity contribution in [3.8, 4) is 0 Å². The van der Waals surface area contributed by atoms with Crippen molar-refractivity contribution in [2.45, 2.75) is 71.8 Å². The molecule has 0 saturated heterocycles. The lowest BCUT2D eigenvalue weighted by Gasteiger charge is -2.13. The van der Waals surface area contributed by atoms with Gasteiger partial charge in [-0.05, 0) is 63.4 Å². The van der Waals surface area contributed by atoms with Gasteiger partial charge in [-0.2, -0.15) is 0 Å². The molecule has 2 aromatic heterocycles. The van der Waals surface area contributed by atoms with Crippen molar-refractivity contribution in [1.29, 1.82) is 0 Å². The molecule has 1 unspecified atom stereocenters. The zero-order valence-corrected chi connectivity index (χ0v) is 18.2. The number of carbonyl (C=O) groups is 1. The molecule has 0 spiro atoms. The fraction of sp³-hybridized carbons (Fsp3) is 0.591. The fourth-order valence-corrected chi connectivity index (χ4v) is 5.37. The zero-order valence-electron chi connectivity index (χ0n) is 17.3. The number of thiophene rings is 1. The van der Waals surface area contributed by atoms with E-state index in [2.05, 4.69) is 23.6 Å². The Morgan fingerprint density at radius 3 is 2.97 bits per heavy atom. The van der Waals surface area contributed by atoms with Crippen molar-refractivity contribution in [3.05, 3.63) is 33.4 Å². The topological polar surface area (TPSA) is 76.0 Å². The number of aryl methyl sites for hydroxylation is 2. The highest BCUT2D eigenvalue weighted by Crippen LogP contribution is 2.33. The molecule has 29 heavy (non-hydrogen) atoms. The maximum Gasteiger partial charge on any atom is 0.319 e. The van der Waals surface area contributed by atoms with Crippen molar-refractivity contribution >= 4 is 32.6 Å². The quantitative estimate of drug-likeness (QED) is 0.709. The number of hydrogen-bond donors (Lipinski definition) is 2. The van der Waals surface area contributed by atoms with E-state index in [1.807, 2.05) is 11.5 Å². The van der Waals surface area contributed by atoms with Crippen molar-refractivity contribution < 1.29 is 4.79 Å². The molecule has 1 atom stereocenters. The highest BCUT2D eigenvalue weighted by Gasteiger charge is 2.21. The highest BCUT2D eigenvalue weighted by molar-refractivity contribution is 7.22. The Balaban J connectivity index is 1.47. The molecule has 0 aromatic carbocycles. The molecule has 7 heteroatoms. The lowest BCUT2D eigenvalue weighted by Crippen LogP contribution is -2.29. The Bertz CT molecular complexity index is 1000. The van der Waals surface area contributed by atoms with Gasteiger partial charge in [-0.25, -0.2) is 9.78 Å². The van der Waals surface area contributed by atoms with Crippen LogP contribution in [0.2, 0.25) is 0 Å². The minimum Gasteiger partial charge on any atom is -0.338 e. The van der Waals surface area contributed by atoms with Crippen LogP contribution in [0.1, 0.15) is 63.3 Å². The summed E-state index contributed by atoms with van der Waals surface area (Å²) in [6, 6.07) is -0.216. The van der Waals surface area contributed by atoms with Gasteiger partial charge in [0.25, 0.3) is 5.56 Å². The summed E-state index contributed by atoms with van der Waals surface area (Å²) in [6.07, 6.45) is 11.0. The SMILES string of the molecule is Cc1c(NC(=O)NCCC2=CCCCC2)sc2nc3n(c(=O)c12)CCC(C)CC3. The smallest absolute Gasteiger partial charge is 0.319 e. The van der Waals surface area contributed by atoms with Crippen LogP contribution in [0.4, 0.5) is 9.80 Å². The average Bonchev–Trinajstić information content (AvgIpc) is 2.88. The first-order chi connectivity index (χ1) is 14.0. The molecule has 1 aliphatic heterocycles. The number of allylic oxidation sites excluding steroid dienone is 1. The summed E-state index contributed by atoms with van der Waals surface area (Å²) >= 11 is 1.40. The van der Waals surface area contributed by atoms with E-state index in [0.717, 1.165) is 61.3 Å². The van der Waals surface area contributed by atoms with Crippen LogP contribution in [-0.4, -0.2) is 22.1 Å². The van der Waals surface area contributed by atoms with Crippen molar-refractivity contribution in [2.75, 3.05) is 11.9 Å². The van der Waals surface area contributed by atoms with E-state index in [4.69, 9.17) is 4.98 Å². The molecule has 4 rings (SSSR count). The summed E-state index contributed by atoms with van der Waals surface area (Å²) in [5.41, 5.74) is 2.30. The Kier molecular flexibility index (Phi) is 6.04. The maximum atomic E-state index is 13.1. The molecule has 0 radical (unpaired) electrons. The maximum absolute atomic E-state index is 13.1. The third kappa shape index (κ3) is 4.39. The van der Waals surface area contributed by atoms with Gasteiger partial charge in [0.15, 0.2) is 0 Å². The van der Waals surface area contributed by atoms with E-state index < -0.39 is 0 Å².